The predicted molar refractivity (Wildman–Crippen MR) is 117 cm³/mol. The van der Waals surface area contributed by atoms with E-state index in [4.69, 9.17) is 32.4 Å². The van der Waals surface area contributed by atoms with Crippen molar-refractivity contribution in [3.05, 3.63) is 81.5 Å². The van der Waals surface area contributed by atoms with Crippen LogP contribution in [-0.4, -0.2) is 31.2 Å². The minimum absolute atomic E-state index is 0.514. The van der Waals surface area contributed by atoms with Gasteiger partial charge in [-0.05, 0) is 35.4 Å². The quantitative estimate of drug-likeness (QED) is 0.546. The number of furan rings is 1. The van der Waals surface area contributed by atoms with Crippen LogP contribution in [0.2, 0.25) is 10.0 Å². The fourth-order valence-electron chi connectivity index (χ4n) is 3.42. The van der Waals surface area contributed by atoms with Gasteiger partial charge in [0.1, 0.15) is 11.5 Å². The third-order valence-electron chi connectivity index (χ3n) is 5.04. The van der Waals surface area contributed by atoms with Crippen molar-refractivity contribution in [1.29, 1.82) is 0 Å². The number of ether oxygens (including phenoxy) is 1. The third kappa shape index (κ3) is 5.41. The number of nitrogens with zero attached hydrogens (tertiary/aromatic N) is 1. The second kappa shape index (κ2) is 9.79. The molecule has 0 bridgehead atoms. The van der Waals surface area contributed by atoms with Crippen molar-refractivity contribution < 1.29 is 9.15 Å². The Hall–Kier alpha value is -1.82. The second-order valence-electron chi connectivity index (χ2n) is 7.18. The van der Waals surface area contributed by atoms with Crippen LogP contribution in [0.5, 0.6) is 0 Å². The summed E-state index contributed by atoms with van der Waals surface area (Å²) in [5, 5.41) is 4.47. The molecule has 4 rings (SSSR count). The SMILES string of the molecule is Clc1cccc(-c2ccc(CNCc3ccc(CN4CCOCC4)cc3)o2)c1Cl. The fraction of sp³-hybridized carbons (Fsp3) is 0.304. The largest absolute Gasteiger partial charge is 0.460 e. The van der Waals surface area contributed by atoms with Crippen LogP contribution in [0.15, 0.2) is 59.0 Å². The predicted octanol–water partition coefficient (Wildman–Crippen LogP) is 5.38. The van der Waals surface area contributed by atoms with Crippen LogP contribution in [0.1, 0.15) is 16.9 Å². The van der Waals surface area contributed by atoms with Gasteiger partial charge in [0.05, 0.1) is 29.8 Å². The second-order valence-corrected chi connectivity index (χ2v) is 7.96. The van der Waals surface area contributed by atoms with E-state index in [9.17, 15) is 0 Å². The first-order valence-corrected chi connectivity index (χ1v) is 10.6. The van der Waals surface area contributed by atoms with Crippen LogP contribution in [0.4, 0.5) is 0 Å². The molecule has 4 nitrogen and oxygen atoms in total. The van der Waals surface area contributed by atoms with E-state index in [1.165, 1.54) is 11.1 Å². The van der Waals surface area contributed by atoms with Gasteiger partial charge in [0.2, 0.25) is 0 Å². The number of hydrogen-bond donors (Lipinski definition) is 1. The maximum Gasteiger partial charge on any atom is 0.135 e. The zero-order valence-electron chi connectivity index (χ0n) is 16.2. The van der Waals surface area contributed by atoms with Crippen LogP contribution in [0, 0.1) is 0 Å². The molecule has 0 unspecified atom stereocenters. The number of halogens is 2. The lowest BCUT2D eigenvalue weighted by Gasteiger charge is -2.26. The summed E-state index contributed by atoms with van der Waals surface area (Å²) in [5.74, 6) is 1.58. The van der Waals surface area contributed by atoms with E-state index < -0.39 is 0 Å². The lowest BCUT2D eigenvalue weighted by molar-refractivity contribution is 0.0342. The molecule has 0 saturated carbocycles. The van der Waals surface area contributed by atoms with Gasteiger partial charge in [-0.15, -0.1) is 0 Å². The van der Waals surface area contributed by atoms with Gasteiger partial charge in [-0.1, -0.05) is 53.5 Å². The molecule has 29 heavy (non-hydrogen) atoms. The first-order chi connectivity index (χ1) is 14.2. The monoisotopic (exact) mass is 430 g/mol. The Labute approximate surface area is 181 Å². The number of hydrogen-bond acceptors (Lipinski definition) is 4. The standard InChI is InChI=1S/C23H24Cl2N2O2/c24-21-3-1-2-20(23(21)25)22-9-8-19(29-22)15-26-14-17-4-6-18(7-5-17)16-27-10-12-28-13-11-27/h1-9,26H,10-16H2. The summed E-state index contributed by atoms with van der Waals surface area (Å²) in [5.41, 5.74) is 3.39. The summed E-state index contributed by atoms with van der Waals surface area (Å²) in [4.78, 5) is 2.43. The Bertz CT molecular complexity index is 934. The van der Waals surface area contributed by atoms with E-state index in [0.717, 1.165) is 56.5 Å². The highest BCUT2D eigenvalue weighted by Gasteiger charge is 2.12. The zero-order valence-corrected chi connectivity index (χ0v) is 17.7. The van der Waals surface area contributed by atoms with Crippen molar-refractivity contribution in [2.24, 2.45) is 0 Å². The Morgan fingerprint density at radius 1 is 0.862 bits per heavy atom. The van der Waals surface area contributed by atoms with E-state index in [2.05, 4.69) is 34.5 Å². The van der Waals surface area contributed by atoms with Crippen LogP contribution < -0.4 is 5.32 Å². The van der Waals surface area contributed by atoms with Crippen molar-refractivity contribution in [3.63, 3.8) is 0 Å². The summed E-state index contributed by atoms with van der Waals surface area (Å²) < 4.78 is 11.3. The molecule has 1 aromatic heterocycles. The minimum Gasteiger partial charge on any atom is -0.460 e. The molecule has 152 valence electrons. The van der Waals surface area contributed by atoms with E-state index in [0.29, 0.717) is 16.6 Å². The highest BCUT2D eigenvalue weighted by atomic mass is 35.5. The van der Waals surface area contributed by atoms with Crippen LogP contribution in [0.25, 0.3) is 11.3 Å². The van der Waals surface area contributed by atoms with Gasteiger partial charge < -0.3 is 14.5 Å². The van der Waals surface area contributed by atoms with Crippen molar-refractivity contribution in [2.45, 2.75) is 19.6 Å². The molecule has 0 spiro atoms. The summed E-state index contributed by atoms with van der Waals surface area (Å²) >= 11 is 12.4. The van der Waals surface area contributed by atoms with Crippen LogP contribution in [-0.2, 0) is 24.4 Å². The van der Waals surface area contributed by atoms with Gasteiger partial charge in [-0.2, -0.15) is 0 Å². The summed E-state index contributed by atoms with van der Waals surface area (Å²) in [6, 6.07) is 18.2. The van der Waals surface area contributed by atoms with Gasteiger partial charge in [-0.25, -0.2) is 0 Å². The molecule has 1 aliphatic heterocycles. The molecule has 0 radical (unpaired) electrons. The molecule has 2 aromatic carbocycles. The molecular formula is C23H24Cl2N2O2. The van der Waals surface area contributed by atoms with Gasteiger partial charge in [0, 0.05) is 31.7 Å². The van der Waals surface area contributed by atoms with E-state index in [1.54, 1.807) is 6.07 Å². The van der Waals surface area contributed by atoms with E-state index in [-0.39, 0.29) is 0 Å². The van der Waals surface area contributed by atoms with Crippen molar-refractivity contribution in [3.8, 4) is 11.3 Å². The molecular weight excluding hydrogens is 407 g/mol. The Morgan fingerprint density at radius 3 is 2.41 bits per heavy atom. The van der Waals surface area contributed by atoms with E-state index >= 15 is 0 Å². The third-order valence-corrected chi connectivity index (χ3v) is 5.86. The van der Waals surface area contributed by atoms with Gasteiger partial charge >= 0.3 is 0 Å². The molecule has 1 fully saturated rings. The fourth-order valence-corrected chi connectivity index (χ4v) is 3.82. The normalized spacial score (nSPS) is 15.0. The lowest BCUT2D eigenvalue weighted by atomic mass is 10.1. The average molecular weight is 431 g/mol. The zero-order chi connectivity index (χ0) is 20.1. The maximum atomic E-state index is 6.28. The van der Waals surface area contributed by atoms with Gasteiger partial charge in [-0.3, -0.25) is 4.90 Å². The molecule has 6 heteroatoms. The molecule has 1 saturated heterocycles. The number of morpholine rings is 1. The first-order valence-electron chi connectivity index (χ1n) is 9.81. The highest BCUT2D eigenvalue weighted by Crippen LogP contribution is 2.34. The summed E-state index contributed by atoms with van der Waals surface area (Å²) in [6.07, 6.45) is 0. The Morgan fingerprint density at radius 2 is 1.62 bits per heavy atom. The number of rotatable bonds is 7. The smallest absolute Gasteiger partial charge is 0.135 e. The summed E-state index contributed by atoms with van der Waals surface area (Å²) in [6.45, 7) is 6.10. The van der Waals surface area contributed by atoms with Crippen molar-refractivity contribution >= 4 is 23.2 Å². The summed E-state index contributed by atoms with van der Waals surface area (Å²) in [7, 11) is 0. The average Bonchev–Trinajstić information content (AvgIpc) is 3.21. The Kier molecular flexibility index (Phi) is 6.90. The van der Waals surface area contributed by atoms with Crippen LogP contribution in [0.3, 0.4) is 0 Å². The number of nitrogens with one attached hydrogen (secondary N) is 1. The van der Waals surface area contributed by atoms with E-state index in [1.807, 2.05) is 24.3 Å². The molecule has 1 aliphatic rings. The van der Waals surface area contributed by atoms with Gasteiger partial charge in [0.25, 0.3) is 0 Å². The molecule has 0 amide bonds. The van der Waals surface area contributed by atoms with Gasteiger partial charge in [0.15, 0.2) is 0 Å². The first kappa shape index (κ1) is 20.5. The Balaban J connectivity index is 1.28. The molecule has 3 aromatic rings. The lowest BCUT2D eigenvalue weighted by Crippen LogP contribution is -2.35. The topological polar surface area (TPSA) is 37.6 Å². The molecule has 0 atom stereocenters. The maximum absolute atomic E-state index is 6.28. The molecule has 0 aliphatic carbocycles. The highest BCUT2D eigenvalue weighted by molar-refractivity contribution is 6.43. The molecule has 2 heterocycles. The van der Waals surface area contributed by atoms with Crippen molar-refractivity contribution in [2.75, 3.05) is 26.3 Å². The molecule has 1 N–H and O–H groups in total. The van der Waals surface area contributed by atoms with Crippen LogP contribution >= 0.6 is 23.2 Å². The number of benzene rings is 2. The van der Waals surface area contributed by atoms with Crippen molar-refractivity contribution in [1.82, 2.24) is 10.2 Å². The minimum atomic E-state index is 0.514.